The third kappa shape index (κ3) is 6.59. The number of para-hydroxylation sites is 1. The molecule has 26 heavy (non-hydrogen) atoms. The smallest absolute Gasteiger partial charge is 0.267 e. The number of nitrogens with one attached hydrogen (secondary N) is 1. The number of nitrogens with zero attached hydrogens (tertiary/aromatic N) is 1. The predicted molar refractivity (Wildman–Crippen MR) is 92.9 cm³/mol. The van der Waals surface area contributed by atoms with Gasteiger partial charge in [-0.25, -0.2) is 8.78 Å². The van der Waals surface area contributed by atoms with Crippen LogP contribution in [0.4, 0.5) is 8.78 Å². The van der Waals surface area contributed by atoms with E-state index in [0.29, 0.717) is 31.6 Å². The van der Waals surface area contributed by atoms with E-state index >= 15 is 0 Å². The van der Waals surface area contributed by atoms with Crippen LogP contribution in [0.25, 0.3) is 0 Å². The second kappa shape index (κ2) is 9.47. The first-order valence-corrected chi connectivity index (χ1v) is 8.74. The summed E-state index contributed by atoms with van der Waals surface area (Å²) < 4.78 is 31.6. The van der Waals surface area contributed by atoms with Crippen LogP contribution in [0.5, 0.6) is 5.75 Å². The number of carbonyl (C=O) groups is 2. The van der Waals surface area contributed by atoms with Crippen molar-refractivity contribution in [2.75, 3.05) is 26.2 Å². The van der Waals surface area contributed by atoms with Crippen molar-refractivity contribution < 1.29 is 23.1 Å². The molecular weight excluding hydrogens is 344 g/mol. The minimum absolute atomic E-state index is 0.0526. The minimum Gasteiger partial charge on any atom is -0.484 e. The number of likely N-dealkylation sites (tertiary alicyclic amines) is 1. The molecule has 144 valence electrons. The molecule has 6 nitrogen and oxygen atoms in total. The van der Waals surface area contributed by atoms with Crippen LogP contribution in [-0.4, -0.2) is 54.9 Å². The van der Waals surface area contributed by atoms with Crippen molar-refractivity contribution in [1.29, 1.82) is 0 Å². The zero-order valence-corrected chi connectivity index (χ0v) is 14.6. The van der Waals surface area contributed by atoms with Crippen molar-refractivity contribution >= 4 is 11.8 Å². The third-order valence-corrected chi connectivity index (χ3v) is 4.18. The summed E-state index contributed by atoms with van der Waals surface area (Å²) in [7, 11) is 0. The summed E-state index contributed by atoms with van der Waals surface area (Å²) in [6.07, 6.45) is 1.37. The van der Waals surface area contributed by atoms with Gasteiger partial charge in [0.15, 0.2) is 6.61 Å². The molecule has 3 N–H and O–H groups in total. The van der Waals surface area contributed by atoms with Crippen LogP contribution in [0.1, 0.15) is 25.7 Å². The second-order valence-corrected chi connectivity index (χ2v) is 6.42. The van der Waals surface area contributed by atoms with Crippen molar-refractivity contribution in [2.45, 2.75) is 37.6 Å². The van der Waals surface area contributed by atoms with E-state index in [2.05, 4.69) is 5.32 Å². The molecule has 1 aliphatic heterocycles. The lowest BCUT2D eigenvalue weighted by Crippen LogP contribution is -2.43. The molecule has 0 saturated carbocycles. The number of halogens is 2. The topological polar surface area (TPSA) is 84.7 Å². The Balaban J connectivity index is 1.54. The minimum atomic E-state index is -2.80. The number of hydrogen-bond donors (Lipinski definition) is 2. The fraction of sp³-hybridized carbons (Fsp3) is 0.556. The predicted octanol–water partition coefficient (Wildman–Crippen LogP) is 1.55. The fourth-order valence-corrected chi connectivity index (χ4v) is 2.72. The van der Waals surface area contributed by atoms with Crippen LogP contribution >= 0.6 is 0 Å². The van der Waals surface area contributed by atoms with Gasteiger partial charge in [-0.3, -0.25) is 9.59 Å². The molecule has 0 bridgehead atoms. The van der Waals surface area contributed by atoms with E-state index in [-0.39, 0.29) is 25.5 Å². The molecule has 1 aromatic rings. The maximum Gasteiger partial charge on any atom is 0.267 e. The highest BCUT2D eigenvalue weighted by Gasteiger charge is 2.41. The molecule has 1 aliphatic rings. The van der Waals surface area contributed by atoms with E-state index in [1.54, 1.807) is 12.1 Å². The molecule has 8 heteroatoms. The van der Waals surface area contributed by atoms with Crippen molar-refractivity contribution in [1.82, 2.24) is 10.2 Å². The Kier molecular flexibility index (Phi) is 7.32. The molecule has 1 fully saturated rings. The Hall–Kier alpha value is -2.22. The lowest BCUT2D eigenvalue weighted by Gasteiger charge is -2.20. The number of carbonyl (C=O) groups excluding carboxylic acids is 2. The highest BCUT2D eigenvalue weighted by molar-refractivity contribution is 5.82. The average Bonchev–Trinajstić information content (AvgIpc) is 2.99. The Labute approximate surface area is 151 Å². The van der Waals surface area contributed by atoms with Crippen LogP contribution in [0.15, 0.2) is 30.3 Å². The van der Waals surface area contributed by atoms with Crippen LogP contribution in [-0.2, 0) is 9.59 Å². The monoisotopic (exact) mass is 369 g/mol. The molecule has 1 saturated heterocycles. The Bertz CT molecular complexity index is 599. The van der Waals surface area contributed by atoms with Gasteiger partial charge in [0.2, 0.25) is 5.91 Å². The molecule has 0 unspecified atom stereocenters. The lowest BCUT2D eigenvalue weighted by atomic mass is 10.1. The van der Waals surface area contributed by atoms with Gasteiger partial charge in [0.25, 0.3) is 11.8 Å². The SMILES string of the molecule is N[C@@H](CCCCNC(=O)COc1ccccc1)C(=O)N1CCC(F)(F)C1. The summed E-state index contributed by atoms with van der Waals surface area (Å²) in [6, 6.07) is 8.25. The number of nitrogens with two attached hydrogens (primary N) is 1. The van der Waals surface area contributed by atoms with E-state index < -0.39 is 24.4 Å². The lowest BCUT2D eigenvalue weighted by molar-refractivity contribution is -0.133. The highest BCUT2D eigenvalue weighted by Crippen LogP contribution is 2.27. The number of unbranched alkanes of at least 4 members (excludes halogenated alkanes) is 1. The van der Waals surface area contributed by atoms with E-state index in [9.17, 15) is 18.4 Å². The number of ether oxygens (including phenoxy) is 1. The molecule has 0 aliphatic carbocycles. The van der Waals surface area contributed by atoms with Gasteiger partial charge in [-0.05, 0) is 31.4 Å². The molecule has 0 spiro atoms. The summed E-state index contributed by atoms with van der Waals surface area (Å²) in [5.41, 5.74) is 5.80. The van der Waals surface area contributed by atoms with Crippen LogP contribution in [0.2, 0.25) is 0 Å². The van der Waals surface area contributed by atoms with Gasteiger partial charge in [-0.1, -0.05) is 18.2 Å². The quantitative estimate of drug-likeness (QED) is 0.647. The maximum atomic E-state index is 13.1. The van der Waals surface area contributed by atoms with Crippen molar-refractivity contribution in [3.63, 3.8) is 0 Å². The number of benzene rings is 1. The van der Waals surface area contributed by atoms with Gasteiger partial charge in [0, 0.05) is 19.5 Å². The van der Waals surface area contributed by atoms with E-state index in [1.807, 2.05) is 18.2 Å². The van der Waals surface area contributed by atoms with Crippen molar-refractivity contribution in [3.05, 3.63) is 30.3 Å². The Morgan fingerprint density at radius 3 is 2.65 bits per heavy atom. The van der Waals surface area contributed by atoms with Gasteiger partial charge in [-0.2, -0.15) is 0 Å². The largest absolute Gasteiger partial charge is 0.484 e. The zero-order valence-electron chi connectivity index (χ0n) is 14.6. The van der Waals surface area contributed by atoms with Crippen LogP contribution < -0.4 is 15.8 Å². The summed E-state index contributed by atoms with van der Waals surface area (Å²) in [5.74, 6) is -2.84. The van der Waals surface area contributed by atoms with Gasteiger partial charge in [-0.15, -0.1) is 0 Å². The fourth-order valence-electron chi connectivity index (χ4n) is 2.72. The van der Waals surface area contributed by atoms with Gasteiger partial charge >= 0.3 is 0 Å². The van der Waals surface area contributed by atoms with E-state index in [4.69, 9.17) is 10.5 Å². The standard InChI is InChI=1S/C18H25F2N3O3/c19-18(20)9-11-23(13-18)17(25)15(21)8-4-5-10-22-16(24)12-26-14-6-2-1-3-7-14/h1-3,6-7,15H,4-5,8-13,21H2,(H,22,24)/t15-/m0/s1. The Morgan fingerprint density at radius 1 is 1.27 bits per heavy atom. The summed E-state index contributed by atoms with van der Waals surface area (Å²) in [5, 5.41) is 2.72. The molecule has 1 heterocycles. The number of alkyl halides is 2. The first-order chi connectivity index (χ1) is 12.4. The maximum absolute atomic E-state index is 13.1. The second-order valence-electron chi connectivity index (χ2n) is 6.42. The van der Waals surface area contributed by atoms with Crippen LogP contribution in [0, 0.1) is 0 Å². The molecule has 1 atom stereocenters. The molecule has 1 aromatic carbocycles. The van der Waals surface area contributed by atoms with Crippen molar-refractivity contribution in [2.24, 2.45) is 5.73 Å². The molecule has 2 rings (SSSR count). The molecule has 0 radical (unpaired) electrons. The first kappa shape index (κ1) is 20.1. The molecular formula is C18H25F2N3O3. The van der Waals surface area contributed by atoms with Gasteiger partial charge in [0.1, 0.15) is 5.75 Å². The van der Waals surface area contributed by atoms with Gasteiger partial charge < -0.3 is 20.7 Å². The number of hydrogen-bond acceptors (Lipinski definition) is 4. The van der Waals surface area contributed by atoms with E-state index in [0.717, 1.165) is 4.90 Å². The normalized spacial score (nSPS) is 17.0. The summed E-state index contributed by atoms with van der Waals surface area (Å²) in [4.78, 5) is 24.8. The number of amides is 2. The third-order valence-electron chi connectivity index (χ3n) is 4.18. The zero-order chi connectivity index (χ0) is 19.0. The highest BCUT2D eigenvalue weighted by atomic mass is 19.3. The molecule has 2 amide bonds. The molecule has 0 aromatic heterocycles. The summed E-state index contributed by atoms with van der Waals surface area (Å²) in [6.45, 7) is -0.112. The van der Waals surface area contributed by atoms with Gasteiger partial charge in [0.05, 0.1) is 12.6 Å². The number of rotatable bonds is 9. The van der Waals surface area contributed by atoms with Crippen molar-refractivity contribution in [3.8, 4) is 5.75 Å². The van der Waals surface area contributed by atoms with Crippen LogP contribution in [0.3, 0.4) is 0 Å². The first-order valence-electron chi connectivity index (χ1n) is 8.74. The average molecular weight is 369 g/mol. The summed E-state index contributed by atoms with van der Waals surface area (Å²) >= 11 is 0. The Morgan fingerprint density at radius 2 is 2.00 bits per heavy atom. The van der Waals surface area contributed by atoms with E-state index in [1.165, 1.54) is 0 Å².